The second-order valence-electron chi connectivity index (χ2n) is 4.52. The lowest BCUT2D eigenvalue weighted by atomic mass is 10.1. The molecule has 16 heavy (non-hydrogen) atoms. The molecule has 1 heterocycles. The lowest BCUT2D eigenvalue weighted by molar-refractivity contribution is -0.121. The molecule has 1 unspecified atom stereocenters. The van der Waals surface area contributed by atoms with E-state index in [2.05, 4.69) is 24.5 Å². The van der Waals surface area contributed by atoms with E-state index in [-0.39, 0.29) is 11.2 Å². The third-order valence-corrected chi connectivity index (χ3v) is 4.53. The molecule has 0 aromatic carbocycles. The maximum Gasteiger partial charge on any atom is 0.233 e. The zero-order valence-electron chi connectivity index (χ0n) is 10.6. The summed E-state index contributed by atoms with van der Waals surface area (Å²) < 4.78 is 0. The van der Waals surface area contributed by atoms with E-state index in [4.69, 9.17) is 0 Å². The second-order valence-corrected chi connectivity index (χ2v) is 5.90. The molecule has 4 heteroatoms. The van der Waals surface area contributed by atoms with Crippen LogP contribution in [0.4, 0.5) is 0 Å². The fraction of sp³-hybridized carbons (Fsp3) is 0.917. The van der Waals surface area contributed by atoms with Crippen molar-refractivity contribution >= 4 is 17.7 Å². The van der Waals surface area contributed by atoms with Crippen molar-refractivity contribution in [3.8, 4) is 0 Å². The number of hydrogen-bond donors (Lipinski definition) is 2. The molecule has 0 radical (unpaired) electrons. The van der Waals surface area contributed by atoms with E-state index in [1.54, 1.807) is 11.8 Å². The summed E-state index contributed by atoms with van der Waals surface area (Å²) in [5, 5.41) is 6.44. The molecule has 1 fully saturated rings. The van der Waals surface area contributed by atoms with E-state index in [9.17, 15) is 4.79 Å². The Morgan fingerprint density at radius 2 is 2.06 bits per heavy atom. The van der Waals surface area contributed by atoms with Crippen LogP contribution in [0.25, 0.3) is 0 Å². The molecule has 0 aliphatic carbocycles. The molecule has 0 saturated carbocycles. The third kappa shape index (κ3) is 4.34. The van der Waals surface area contributed by atoms with Gasteiger partial charge in [-0.15, -0.1) is 11.8 Å². The molecule has 1 saturated heterocycles. The van der Waals surface area contributed by atoms with Crippen LogP contribution in [-0.4, -0.2) is 36.0 Å². The molecule has 3 nitrogen and oxygen atoms in total. The Bertz CT molecular complexity index is 215. The smallest absolute Gasteiger partial charge is 0.233 e. The van der Waals surface area contributed by atoms with Crippen LogP contribution in [0.15, 0.2) is 0 Å². The molecule has 2 N–H and O–H groups in total. The van der Waals surface area contributed by atoms with Crippen molar-refractivity contribution in [2.24, 2.45) is 5.92 Å². The van der Waals surface area contributed by atoms with Crippen molar-refractivity contribution in [2.75, 3.05) is 18.8 Å². The molecule has 1 amide bonds. The summed E-state index contributed by atoms with van der Waals surface area (Å²) in [7, 11) is 0. The molecule has 1 aliphatic rings. The molecule has 0 spiro atoms. The molecular weight excluding hydrogens is 220 g/mol. The van der Waals surface area contributed by atoms with Gasteiger partial charge in [-0.05, 0) is 44.5 Å². The van der Waals surface area contributed by atoms with Crippen LogP contribution in [-0.2, 0) is 4.79 Å². The monoisotopic (exact) mass is 244 g/mol. The van der Waals surface area contributed by atoms with Crippen LogP contribution in [0, 0.1) is 5.92 Å². The molecule has 1 aliphatic heterocycles. The highest BCUT2D eigenvalue weighted by atomic mass is 32.2. The fourth-order valence-corrected chi connectivity index (χ4v) is 2.65. The van der Waals surface area contributed by atoms with Crippen molar-refractivity contribution in [3.05, 3.63) is 0 Å². The zero-order valence-corrected chi connectivity index (χ0v) is 11.4. The quantitative estimate of drug-likeness (QED) is 0.715. The van der Waals surface area contributed by atoms with Gasteiger partial charge in [0, 0.05) is 6.04 Å². The van der Waals surface area contributed by atoms with Crippen LogP contribution in [0.5, 0.6) is 0 Å². The van der Waals surface area contributed by atoms with Gasteiger partial charge < -0.3 is 10.6 Å². The van der Waals surface area contributed by atoms with Gasteiger partial charge in [-0.3, -0.25) is 4.79 Å². The summed E-state index contributed by atoms with van der Waals surface area (Å²) in [4.78, 5) is 11.8. The van der Waals surface area contributed by atoms with E-state index in [0.717, 1.165) is 37.6 Å². The second kappa shape index (κ2) is 7.17. The average molecular weight is 244 g/mol. The van der Waals surface area contributed by atoms with Crippen LogP contribution < -0.4 is 10.6 Å². The Morgan fingerprint density at radius 3 is 2.50 bits per heavy atom. The normalized spacial score (nSPS) is 18.2. The molecule has 1 rings (SSSR count). The van der Waals surface area contributed by atoms with Crippen molar-refractivity contribution in [1.82, 2.24) is 10.6 Å². The van der Waals surface area contributed by atoms with Crippen LogP contribution in [0.1, 0.15) is 33.6 Å². The first-order valence-electron chi connectivity index (χ1n) is 6.30. The minimum atomic E-state index is 0.0844. The van der Waals surface area contributed by atoms with Gasteiger partial charge in [0.1, 0.15) is 0 Å². The third-order valence-electron chi connectivity index (χ3n) is 3.15. The first-order valence-corrected chi connectivity index (χ1v) is 7.34. The molecule has 1 atom stereocenters. The summed E-state index contributed by atoms with van der Waals surface area (Å²) in [5.74, 6) is 2.07. The average Bonchev–Trinajstić information content (AvgIpc) is 2.23. The van der Waals surface area contributed by atoms with Crippen LogP contribution in [0.3, 0.4) is 0 Å². The van der Waals surface area contributed by atoms with Crippen molar-refractivity contribution in [2.45, 2.75) is 44.9 Å². The highest BCUT2D eigenvalue weighted by Gasteiger charge is 2.21. The van der Waals surface area contributed by atoms with Gasteiger partial charge in [-0.1, -0.05) is 13.8 Å². The predicted octanol–water partition coefficient (Wildman–Crippen LogP) is 1.63. The molecule has 0 aromatic rings. The van der Waals surface area contributed by atoms with Gasteiger partial charge in [-0.2, -0.15) is 0 Å². The lowest BCUT2D eigenvalue weighted by Gasteiger charge is -2.27. The van der Waals surface area contributed by atoms with E-state index < -0.39 is 0 Å². The number of carbonyl (C=O) groups is 1. The molecule has 94 valence electrons. The van der Waals surface area contributed by atoms with E-state index in [1.807, 2.05) is 6.92 Å². The summed E-state index contributed by atoms with van der Waals surface area (Å²) in [5.41, 5.74) is 0. The topological polar surface area (TPSA) is 41.1 Å². The van der Waals surface area contributed by atoms with E-state index in [1.165, 1.54) is 0 Å². The van der Waals surface area contributed by atoms with Gasteiger partial charge in [0.25, 0.3) is 0 Å². The van der Waals surface area contributed by atoms with E-state index >= 15 is 0 Å². The number of thioether (sulfide) groups is 1. The fourth-order valence-electron chi connectivity index (χ4n) is 1.63. The number of amides is 1. The number of hydrogen-bond acceptors (Lipinski definition) is 3. The Morgan fingerprint density at radius 1 is 1.44 bits per heavy atom. The van der Waals surface area contributed by atoms with Crippen LogP contribution in [0.2, 0.25) is 0 Å². The Labute approximate surface area is 103 Å². The molecule has 0 aromatic heterocycles. The highest BCUT2D eigenvalue weighted by Crippen LogP contribution is 2.17. The van der Waals surface area contributed by atoms with Crippen molar-refractivity contribution in [1.29, 1.82) is 0 Å². The van der Waals surface area contributed by atoms with Crippen LogP contribution >= 0.6 is 11.8 Å². The minimum Gasteiger partial charge on any atom is -0.352 e. The van der Waals surface area contributed by atoms with Gasteiger partial charge in [0.05, 0.1) is 5.25 Å². The molecular formula is C12H24N2OS. The minimum absolute atomic E-state index is 0.0844. The number of carbonyl (C=O) groups excluding carboxylic acids is 1. The summed E-state index contributed by atoms with van der Waals surface area (Å²) in [6.07, 6.45) is 2.04. The first kappa shape index (κ1) is 13.8. The van der Waals surface area contributed by atoms with Gasteiger partial charge >= 0.3 is 0 Å². The maximum atomic E-state index is 11.8. The Hall–Kier alpha value is -0.220. The molecule has 0 bridgehead atoms. The van der Waals surface area contributed by atoms with Gasteiger partial charge in [0.2, 0.25) is 5.91 Å². The summed E-state index contributed by atoms with van der Waals surface area (Å²) >= 11 is 1.78. The summed E-state index contributed by atoms with van der Waals surface area (Å²) in [6, 6.07) is 0.348. The zero-order chi connectivity index (χ0) is 12.0. The Kier molecular flexibility index (Phi) is 6.21. The SMILES string of the molecule is CCC(CC)NC(=O)C(C)SCC1CNC1. The van der Waals surface area contributed by atoms with Gasteiger partial charge in [-0.25, -0.2) is 0 Å². The number of nitrogens with one attached hydrogen (secondary N) is 2. The number of rotatable bonds is 7. The first-order chi connectivity index (χ1) is 7.67. The van der Waals surface area contributed by atoms with E-state index in [0.29, 0.717) is 6.04 Å². The maximum absolute atomic E-state index is 11.8. The largest absolute Gasteiger partial charge is 0.352 e. The standard InChI is InChI=1S/C12H24N2OS/c1-4-11(5-2)14-12(15)9(3)16-8-10-6-13-7-10/h9-11,13H,4-8H2,1-3H3,(H,14,15). The van der Waals surface area contributed by atoms with Crippen molar-refractivity contribution in [3.63, 3.8) is 0 Å². The van der Waals surface area contributed by atoms with Gasteiger partial charge in [0.15, 0.2) is 0 Å². The summed E-state index contributed by atoms with van der Waals surface area (Å²) in [6.45, 7) is 8.48. The van der Waals surface area contributed by atoms with Crippen molar-refractivity contribution < 1.29 is 4.79 Å². The Balaban J connectivity index is 2.18. The highest BCUT2D eigenvalue weighted by molar-refractivity contribution is 8.00. The lowest BCUT2D eigenvalue weighted by Crippen LogP contribution is -2.44. The predicted molar refractivity (Wildman–Crippen MR) is 70.8 cm³/mol.